The lowest BCUT2D eigenvalue weighted by Gasteiger charge is -2.27. The minimum atomic E-state index is -1.01. The van der Waals surface area contributed by atoms with Gasteiger partial charge in [0.2, 0.25) is 11.8 Å². The van der Waals surface area contributed by atoms with E-state index in [1.165, 1.54) is 12.8 Å². The van der Waals surface area contributed by atoms with Crippen molar-refractivity contribution in [3.63, 3.8) is 0 Å². The van der Waals surface area contributed by atoms with Gasteiger partial charge in [0.25, 0.3) is 17.7 Å². The van der Waals surface area contributed by atoms with Crippen LogP contribution in [0.4, 0.5) is 11.4 Å². The number of nitrogens with one attached hydrogen (secondary N) is 4. The van der Waals surface area contributed by atoms with Gasteiger partial charge in [0, 0.05) is 47.9 Å². The van der Waals surface area contributed by atoms with Gasteiger partial charge in [-0.1, -0.05) is 6.07 Å². The van der Waals surface area contributed by atoms with Crippen LogP contribution in [-0.2, 0) is 22.7 Å². The molecule has 5 aromatic rings. The number of aromatic amines is 1. The Morgan fingerprint density at radius 3 is 2.71 bits per heavy atom. The van der Waals surface area contributed by atoms with Crippen LogP contribution in [0.25, 0.3) is 21.9 Å². The van der Waals surface area contributed by atoms with E-state index in [9.17, 15) is 24.0 Å². The molecule has 4 N–H and O–H groups in total. The van der Waals surface area contributed by atoms with E-state index < -0.39 is 29.7 Å². The Balaban J connectivity index is 0.850. The van der Waals surface area contributed by atoms with E-state index in [-0.39, 0.29) is 29.9 Å². The molecule has 14 nitrogen and oxygen atoms in total. The third-order valence-corrected chi connectivity index (χ3v) is 10.3. The van der Waals surface area contributed by atoms with Crippen LogP contribution in [0.5, 0.6) is 0 Å². The molecular weight excluding hydrogens is 662 g/mol. The molecule has 2 unspecified atom stereocenters. The fourth-order valence-corrected chi connectivity index (χ4v) is 7.52. The lowest BCUT2D eigenvalue weighted by molar-refractivity contribution is -0.136. The summed E-state index contributed by atoms with van der Waals surface area (Å²) in [5.41, 5.74) is 4.92. The summed E-state index contributed by atoms with van der Waals surface area (Å²) in [6.45, 7) is 5.32. The fourth-order valence-electron chi connectivity index (χ4n) is 7.52. The van der Waals surface area contributed by atoms with Crippen molar-refractivity contribution in [2.45, 2.75) is 70.6 Å². The number of piperidine rings is 1. The zero-order valence-corrected chi connectivity index (χ0v) is 28.8. The molecule has 2 atom stereocenters. The van der Waals surface area contributed by atoms with Crippen molar-refractivity contribution in [2.75, 3.05) is 23.7 Å². The number of benzene rings is 3. The number of H-pyrrole nitrogens is 1. The Morgan fingerprint density at radius 1 is 1.00 bits per heavy atom. The van der Waals surface area contributed by atoms with Crippen molar-refractivity contribution in [3.05, 3.63) is 83.3 Å². The molecule has 8 rings (SSSR count). The largest absolute Gasteiger partial charge is 0.384 e. The van der Waals surface area contributed by atoms with Gasteiger partial charge >= 0.3 is 0 Å². The Kier molecular flexibility index (Phi) is 8.75. The number of aromatic nitrogens is 4. The number of nitrogens with zero attached hydrogens (tertiary/aromatic N) is 5. The molecule has 0 radical (unpaired) electrons. The molecule has 3 aliphatic rings. The van der Waals surface area contributed by atoms with Gasteiger partial charge in [-0.2, -0.15) is 5.10 Å². The molecule has 2 fully saturated rings. The van der Waals surface area contributed by atoms with Gasteiger partial charge in [-0.3, -0.25) is 43.8 Å². The van der Waals surface area contributed by atoms with E-state index in [4.69, 9.17) is 4.98 Å². The number of fused-ring (bicyclic) bond motifs is 3. The van der Waals surface area contributed by atoms with Crippen molar-refractivity contribution in [3.8, 4) is 0 Å². The van der Waals surface area contributed by atoms with Gasteiger partial charge in [0.05, 0.1) is 40.4 Å². The summed E-state index contributed by atoms with van der Waals surface area (Å²) < 4.78 is 1.91. The molecule has 5 amide bonds. The standard InChI is InChI=1S/C38H39N9O5/c1-22-6-5-16-45(22)21-32-42-27-11-10-25(19-29(27)43-32)41-35(49)23-9-12-30-24(18-23)20-40-46(30)17-3-2-15-39-28-8-4-7-26-34(28)38(52)47(37(26)51)31-13-14-33(48)44-36(31)50/h4,7-12,18-20,22,31,39H,2-3,5-6,13-17,21H2,1H3,(H,41,49)(H,42,43)(H,44,48,50). The third-order valence-electron chi connectivity index (χ3n) is 10.3. The van der Waals surface area contributed by atoms with Crippen molar-refractivity contribution in [1.82, 2.24) is 34.9 Å². The van der Waals surface area contributed by atoms with Gasteiger partial charge < -0.3 is 15.6 Å². The van der Waals surface area contributed by atoms with Gasteiger partial charge in [-0.05, 0) is 94.1 Å². The number of carbonyl (C=O) groups is 5. The minimum absolute atomic E-state index is 0.0700. The summed E-state index contributed by atoms with van der Waals surface area (Å²) in [6, 6.07) is 15.8. The Labute approximate surface area is 298 Å². The number of rotatable bonds is 11. The van der Waals surface area contributed by atoms with Crippen molar-refractivity contribution >= 4 is 62.8 Å². The number of amides is 5. The van der Waals surface area contributed by atoms with E-state index in [1.54, 1.807) is 30.5 Å². The quantitative estimate of drug-likeness (QED) is 0.115. The van der Waals surface area contributed by atoms with Crippen LogP contribution >= 0.6 is 0 Å². The molecule has 5 heterocycles. The third kappa shape index (κ3) is 6.30. The van der Waals surface area contributed by atoms with Crippen molar-refractivity contribution in [1.29, 1.82) is 0 Å². The van der Waals surface area contributed by atoms with Gasteiger partial charge in [-0.25, -0.2) is 4.98 Å². The van der Waals surface area contributed by atoms with E-state index in [1.807, 2.05) is 35.0 Å². The highest BCUT2D eigenvalue weighted by atomic mass is 16.2. The number of hydrogen-bond donors (Lipinski definition) is 4. The predicted molar refractivity (Wildman–Crippen MR) is 194 cm³/mol. The number of likely N-dealkylation sites (tertiary alicyclic amines) is 1. The first-order valence-electron chi connectivity index (χ1n) is 17.8. The molecule has 0 bridgehead atoms. The topological polar surface area (TPSA) is 174 Å². The molecule has 0 aliphatic carbocycles. The molecule has 3 aliphatic heterocycles. The number of aryl methyl sites for hydroxylation is 1. The fraction of sp³-hybridized carbons (Fsp3) is 0.342. The number of hydrogen-bond acceptors (Lipinski definition) is 9. The van der Waals surface area contributed by atoms with Crippen LogP contribution in [0.2, 0.25) is 0 Å². The van der Waals surface area contributed by atoms with Crippen LogP contribution in [0.15, 0.2) is 60.8 Å². The lowest BCUT2D eigenvalue weighted by Crippen LogP contribution is -2.54. The summed E-state index contributed by atoms with van der Waals surface area (Å²) in [7, 11) is 0. The summed E-state index contributed by atoms with van der Waals surface area (Å²) in [6.07, 6.45) is 5.90. The number of imide groups is 2. The summed E-state index contributed by atoms with van der Waals surface area (Å²) in [5, 5.41) is 13.9. The molecule has 2 aromatic heterocycles. The molecule has 0 spiro atoms. The molecule has 2 saturated heterocycles. The molecular formula is C38H39N9O5. The first kappa shape index (κ1) is 33.3. The number of imidazole rings is 1. The van der Waals surface area contributed by atoms with E-state index in [0.29, 0.717) is 36.1 Å². The lowest BCUT2D eigenvalue weighted by atomic mass is 10.0. The SMILES string of the molecule is CC1CCCN1Cc1nc2ccc(NC(=O)c3ccc4c(cnn4CCCCNc4cccc5c4C(=O)N(C4CCC(=O)NC4=O)C5=O)c3)cc2[nH]1. The molecule has 3 aromatic carbocycles. The normalized spacial score (nSPS) is 19.1. The van der Waals surface area contributed by atoms with Crippen LogP contribution in [0.1, 0.15) is 82.3 Å². The average molecular weight is 702 g/mol. The average Bonchev–Trinajstić information content (AvgIpc) is 3.90. The van der Waals surface area contributed by atoms with Gasteiger partial charge in [-0.15, -0.1) is 0 Å². The molecule has 0 saturated carbocycles. The van der Waals surface area contributed by atoms with Crippen LogP contribution in [-0.4, -0.2) is 84.3 Å². The monoisotopic (exact) mass is 701 g/mol. The van der Waals surface area contributed by atoms with Gasteiger partial charge in [0.15, 0.2) is 0 Å². The predicted octanol–water partition coefficient (Wildman–Crippen LogP) is 4.44. The van der Waals surface area contributed by atoms with E-state index in [2.05, 4.69) is 37.9 Å². The molecule has 266 valence electrons. The summed E-state index contributed by atoms with van der Waals surface area (Å²) in [5.74, 6) is -1.39. The zero-order valence-electron chi connectivity index (χ0n) is 28.8. The second kappa shape index (κ2) is 13.7. The van der Waals surface area contributed by atoms with Gasteiger partial charge in [0.1, 0.15) is 11.9 Å². The highest BCUT2D eigenvalue weighted by molar-refractivity contribution is 6.25. The highest BCUT2D eigenvalue weighted by Gasteiger charge is 2.45. The summed E-state index contributed by atoms with van der Waals surface area (Å²) in [4.78, 5) is 75.2. The van der Waals surface area contributed by atoms with Crippen molar-refractivity contribution < 1.29 is 24.0 Å². The minimum Gasteiger partial charge on any atom is -0.384 e. The molecule has 14 heteroatoms. The Bertz CT molecular complexity index is 2260. The van der Waals surface area contributed by atoms with Crippen LogP contribution in [0, 0.1) is 0 Å². The Hall–Kier alpha value is -5.89. The maximum atomic E-state index is 13.3. The number of unbranched alkanes of at least 4 members (excludes halogenated alkanes) is 1. The zero-order chi connectivity index (χ0) is 35.9. The van der Waals surface area contributed by atoms with E-state index in [0.717, 1.165) is 58.6 Å². The first-order valence-corrected chi connectivity index (χ1v) is 17.8. The highest BCUT2D eigenvalue weighted by Crippen LogP contribution is 2.32. The smallest absolute Gasteiger partial charge is 0.264 e. The second-order valence-electron chi connectivity index (χ2n) is 13.8. The van der Waals surface area contributed by atoms with E-state index >= 15 is 0 Å². The van der Waals surface area contributed by atoms with Crippen LogP contribution in [0.3, 0.4) is 0 Å². The molecule has 52 heavy (non-hydrogen) atoms. The van der Waals surface area contributed by atoms with Crippen molar-refractivity contribution in [2.24, 2.45) is 0 Å². The maximum Gasteiger partial charge on any atom is 0.264 e. The number of anilines is 2. The maximum absolute atomic E-state index is 13.3. The summed E-state index contributed by atoms with van der Waals surface area (Å²) >= 11 is 0. The second-order valence-corrected chi connectivity index (χ2v) is 13.8. The Morgan fingerprint density at radius 2 is 1.88 bits per heavy atom. The van der Waals surface area contributed by atoms with Crippen LogP contribution < -0.4 is 16.0 Å². The first-order chi connectivity index (χ1) is 25.2. The number of carbonyl (C=O) groups excluding carboxylic acids is 5.